The van der Waals surface area contributed by atoms with Gasteiger partial charge in [0.2, 0.25) is 0 Å². The first-order chi connectivity index (χ1) is 11.7. The van der Waals surface area contributed by atoms with Gasteiger partial charge in [0, 0.05) is 44.3 Å². The second-order valence-electron chi connectivity index (χ2n) is 6.47. The zero-order chi connectivity index (χ0) is 16.9. The van der Waals surface area contributed by atoms with Crippen LogP contribution < -0.4 is 5.73 Å². The van der Waals surface area contributed by atoms with Crippen LogP contribution in [0.4, 0.5) is 0 Å². The fourth-order valence-electron chi connectivity index (χ4n) is 3.27. The second-order valence-corrected chi connectivity index (χ2v) is 6.47. The molecule has 1 fully saturated rings. The first kappa shape index (κ1) is 16.7. The first-order valence-electron chi connectivity index (χ1n) is 8.53. The molecule has 0 saturated carbocycles. The molecule has 2 aromatic rings. The molecule has 1 amide bonds. The molecule has 2 N–H and O–H groups in total. The van der Waals surface area contributed by atoms with Gasteiger partial charge in [0.15, 0.2) is 0 Å². The molecular weight excluding hydrogens is 298 g/mol. The summed E-state index contributed by atoms with van der Waals surface area (Å²) in [4.78, 5) is 17.2. The van der Waals surface area contributed by atoms with Crippen molar-refractivity contribution in [1.82, 2.24) is 9.80 Å². The van der Waals surface area contributed by atoms with Gasteiger partial charge < -0.3 is 10.6 Å². The minimum Gasteiger partial charge on any atom is -0.333 e. The Labute approximate surface area is 143 Å². The maximum absolute atomic E-state index is 12.8. The molecule has 1 atom stereocenters. The van der Waals surface area contributed by atoms with Crippen LogP contribution in [-0.2, 0) is 13.1 Å². The van der Waals surface area contributed by atoms with Gasteiger partial charge in [-0.1, -0.05) is 42.5 Å². The third-order valence-corrected chi connectivity index (χ3v) is 4.66. The van der Waals surface area contributed by atoms with E-state index in [0.717, 1.165) is 37.3 Å². The lowest BCUT2D eigenvalue weighted by Crippen LogP contribution is -2.53. The highest BCUT2D eigenvalue weighted by Crippen LogP contribution is 2.16. The number of nitrogens with two attached hydrogens (primary N) is 1. The first-order valence-corrected chi connectivity index (χ1v) is 8.53. The van der Waals surface area contributed by atoms with Gasteiger partial charge in [-0.05, 0) is 30.2 Å². The number of benzene rings is 2. The van der Waals surface area contributed by atoms with Gasteiger partial charge in [0.25, 0.3) is 5.91 Å². The van der Waals surface area contributed by atoms with Gasteiger partial charge in [0.1, 0.15) is 0 Å². The summed E-state index contributed by atoms with van der Waals surface area (Å²) in [6, 6.07) is 18.3. The van der Waals surface area contributed by atoms with Crippen LogP contribution in [0.25, 0.3) is 0 Å². The monoisotopic (exact) mass is 323 g/mol. The highest BCUT2D eigenvalue weighted by atomic mass is 16.2. The van der Waals surface area contributed by atoms with E-state index in [0.29, 0.717) is 6.54 Å². The summed E-state index contributed by atoms with van der Waals surface area (Å²) in [5.74, 6) is 0.116. The normalized spacial score (nSPS) is 18.6. The van der Waals surface area contributed by atoms with E-state index in [1.54, 1.807) is 0 Å². The van der Waals surface area contributed by atoms with Gasteiger partial charge in [-0.3, -0.25) is 9.69 Å². The number of nitrogens with zero attached hydrogens (tertiary/aromatic N) is 2. The molecule has 1 aliphatic rings. The van der Waals surface area contributed by atoms with Crippen molar-refractivity contribution < 1.29 is 4.79 Å². The fourth-order valence-corrected chi connectivity index (χ4v) is 3.27. The molecule has 2 aromatic carbocycles. The molecule has 1 aliphatic heterocycles. The maximum Gasteiger partial charge on any atom is 0.254 e. The van der Waals surface area contributed by atoms with Crippen molar-refractivity contribution in [2.24, 2.45) is 5.73 Å². The minimum absolute atomic E-state index is 0.116. The van der Waals surface area contributed by atoms with Crippen molar-refractivity contribution in [2.45, 2.75) is 26.1 Å². The topological polar surface area (TPSA) is 49.6 Å². The van der Waals surface area contributed by atoms with Crippen molar-refractivity contribution in [3.8, 4) is 0 Å². The molecule has 3 rings (SSSR count). The van der Waals surface area contributed by atoms with Gasteiger partial charge in [-0.15, -0.1) is 0 Å². The van der Waals surface area contributed by atoms with Crippen molar-refractivity contribution in [2.75, 3.05) is 19.6 Å². The molecule has 0 bridgehead atoms. The lowest BCUT2D eigenvalue weighted by atomic mass is 10.1. The summed E-state index contributed by atoms with van der Waals surface area (Å²) in [7, 11) is 0. The van der Waals surface area contributed by atoms with Gasteiger partial charge >= 0.3 is 0 Å². The molecule has 1 saturated heterocycles. The van der Waals surface area contributed by atoms with Crippen molar-refractivity contribution in [1.29, 1.82) is 0 Å². The van der Waals surface area contributed by atoms with Crippen LogP contribution in [-0.4, -0.2) is 41.4 Å². The van der Waals surface area contributed by atoms with E-state index >= 15 is 0 Å². The Morgan fingerprint density at radius 2 is 1.75 bits per heavy atom. The van der Waals surface area contributed by atoms with Gasteiger partial charge in [-0.2, -0.15) is 0 Å². The highest BCUT2D eigenvalue weighted by molar-refractivity contribution is 5.94. The lowest BCUT2D eigenvalue weighted by molar-refractivity contribution is 0.0475. The average molecular weight is 323 g/mol. The third kappa shape index (κ3) is 3.83. The Kier molecular flexibility index (Phi) is 5.28. The van der Waals surface area contributed by atoms with Crippen LogP contribution in [0.5, 0.6) is 0 Å². The molecule has 0 spiro atoms. The number of carbonyl (C=O) groups is 1. The van der Waals surface area contributed by atoms with E-state index in [1.807, 2.05) is 35.2 Å². The highest BCUT2D eigenvalue weighted by Gasteiger charge is 2.27. The van der Waals surface area contributed by atoms with E-state index in [4.69, 9.17) is 5.73 Å². The second kappa shape index (κ2) is 7.60. The van der Waals surface area contributed by atoms with E-state index < -0.39 is 0 Å². The minimum atomic E-state index is 0.116. The number of amides is 1. The van der Waals surface area contributed by atoms with Crippen LogP contribution in [0.1, 0.15) is 28.4 Å². The Morgan fingerprint density at radius 3 is 2.38 bits per heavy atom. The maximum atomic E-state index is 12.8. The molecule has 126 valence electrons. The summed E-state index contributed by atoms with van der Waals surface area (Å²) in [6.07, 6.45) is 0. The quantitative estimate of drug-likeness (QED) is 0.940. The number of rotatable bonds is 4. The summed E-state index contributed by atoms with van der Waals surface area (Å²) in [5.41, 5.74) is 8.73. The van der Waals surface area contributed by atoms with Crippen LogP contribution >= 0.6 is 0 Å². The van der Waals surface area contributed by atoms with E-state index in [2.05, 4.69) is 36.1 Å². The molecule has 0 aliphatic carbocycles. The van der Waals surface area contributed by atoms with E-state index in [-0.39, 0.29) is 11.9 Å². The third-order valence-electron chi connectivity index (χ3n) is 4.66. The van der Waals surface area contributed by atoms with Gasteiger partial charge in [-0.25, -0.2) is 0 Å². The molecule has 1 unspecified atom stereocenters. The van der Waals surface area contributed by atoms with Gasteiger partial charge in [0.05, 0.1) is 0 Å². The van der Waals surface area contributed by atoms with Crippen LogP contribution in [0.3, 0.4) is 0 Å². The molecule has 0 aromatic heterocycles. The largest absolute Gasteiger partial charge is 0.333 e. The number of carbonyl (C=O) groups excluding carboxylic acids is 1. The fraction of sp³-hybridized carbons (Fsp3) is 0.350. The average Bonchev–Trinajstić information content (AvgIpc) is 2.62. The zero-order valence-corrected chi connectivity index (χ0v) is 14.2. The zero-order valence-electron chi connectivity index (χ0n) is 14.2. The van der Waals surface area contributed by atoms with Crippen molar-refractivity contribution in [3.05, 3.63) is 71.3 Å². The molecule has 4 nitrogen and oxygen atoms in total. The Bertz CT molecular complexity index is 669. The smallest absolute Gasteiger partial charge is 0.254 e. The van der Waals surface area contributed by atoms with Crippen molar-refractivity contribution in [3.63, 3.8) is 0 Å². The number of piperazine rings is 1. The predicted octanol–water partition coefficient (Wildman–Crippen LogP) is 2.49. The van der Waals surface area contributed by atoms with Crippen LogP contribution in [0.15, 0.2) is 54.6 Å². The molecule has 1 heterocycles. The summed E-state index contributed by atoms with van der Waals surface area (Å²) in [5, 5.41) is 0. The summed E-state index contributed by atoms with van der Waals surface area (Å²) < 4.78 is 0. The van der Waals surface area contributed by atoms with E-state index in [9.17, 15) is 4.79 Å². The predicted molar refractivity (Wildman–Crippen MR) is 96.6 cm³/mol. The summed E-state index contributed by atoms with van der Waals surface area (Å²) >= 11 is 0. The SMILES string of the molecule is CC1CN(Cc2ccccc2)CCN1C(=O)c1ccc(CN)cc1. The van der Waals surface area contributed by atoms with E-state index in [1.165, 1.54) is 5.56 Å². The van der Waals surface area contributed by atoms with Crippen LogP contribution in [0, 0.1) is 0 Å². The summed E-state index contributed by atoms with van der Waals surface area (Å²) in [6.45, 7) is 6.16. The lowest BCUT2D eigenvalue weighted by Gasteiger charge is -2.40. The van der Waals surface area contributed by atoms with Crippen molar-refractivity contribution >= 4 is 5.91 Å². The Morgan fingerprint density at radius 1 is 1.04 bits per heavy atom. The molecule has 24 heavy (non-hydrogen) atoms. The molecule has 4 heteroatoms. The Hall–Kier alpha value is -2.17. The number of hydrogen-bond acceptors (Lipinski definition) is 3. The molecule has 0 radical (unpaired) electrons. The standard InChI is InChI=1S/C20H25N3O/c1-16-14-22(15-18-5-3-2-4-6-18)11-12-23(16)20(24)19-9-7-17(13-21)8-10-19/h2-10,16H,11-15,21H2,1H3. The number of hydrogen-bond donors (Lipinski definition) is 1. The molecular formula is C20H25N3O. The Balaban J connectivity index is 1.61. The van der Waals surface area contributed by atoms with Crippen LogP contribution in [0.2, 0.25) is 0 Å².